The van der Waals surface area contributed by atoms with Crippen LogP contribution in [0.1, 0.15) is 18.1 Å². The van der Waals surface area contributed by atoms with Gasteiger partial charge < -0.3 is 14.4 Å². The van der Waals surface area contributed by atoms with Gasteiger partial charge in [-0.3, -0.25) is 4.79 Å². The molecule has 150 valence electrons. The van der Waals surface area contributed by atoms with Gasteiger partial charge in [-0.25, -0.2) is 9.18 Å². The maximum absolute atomic E-state index is 14.3. The normalized spacial score (nSPS) is 15.3. The first-order valence-corrected chi connectivity index (χ1v) is 9.15. The van der Waals surface area contributed by atoms with Gasteiger partial charge in [0.15, 0.2) is 0 Å². The summed E-state index contributed by atoms with van der Waals surface area (Å²) in [4.78, 5) is 27.0. The predicted molar refractivity (Wildman–Crippen MR) is 108 cm³/mol. The van der Waals surface area contributed by atoms with Gasteiger partial charge in [0.2, 0.25) is 0 Å². The molecule has 0 N–H and O–H groups in total. The van der Waals surface area contributed by atoms with E-state index >= 15 is 0 Å². The zero-order valence-corrected chi connectivity index (χ0v) is 16.9. The number of ether oxygens (including phenoxy) is 2. The van der Waals surface area contributed by atoms with Crippen LogP contribution >= 0.6 is 11.6 Å². The van der Waals surface area contributed by atoms with Crippen LogP contribution in [0.5, 0.6) is 5.75 Å². The van der Waals surface area contributed by atoms with Gasteiger partial charge in [0.1, 0.15) is 11.6 Å². The molecule has 0 unspecified atom stereocenters. The molecule has 2 aromatic carbocycles. The van der Waals surface area contributed by atoms with E-state index in [1.807, 2.05) is 12.1 Å². The van der Waals surface area contributed by atoms with E-state index in [0.29, 0.717) is 11.4 Å². The number of halogens is 2. The number of esters is 1. The van der Waals surface area contributed by atoms with Crippen LogP contribution < -0.4 is 4.74 Å². The zero-order valence-electron chi connectivity index (χ0n) is 16.2. The van der Waals surface area contributed by atoms with Crippen LogP contribution in [-0.2, 0) is 20.9 Å². The van der Waals surface area contributed by atoms with E-state index in [4.69, 9.17) is 21.1 Å². The molecule has 5 nitrogen and oxygen atoms in total. The van der Waals surface area contributed by atoms with E-state index in [1.54, 1.807) is 26.2 Å². The average Bonchev–Trinajstić information content (AvgIpc) is 2.95. The molecular weight excluding hydrogens is 397 g/mol. The molecule has 0 aromatic heterocycles. The lowest BCUT2D eigenvalue weighted by Gasteiger charge is -2.18. The molecule has 2 aromatic rings. The van der Waals surface area contributed by atoms with Crippen molar-refractivity contribution in [2.24, 2.45) is 0 Å². The molecule has 0 saturated heterocycles. The number of hydrogen-bond donors (Lipinski definition) is 0. The lowest BCUT2D eigenvalue weighted by atomic mass is 10.0. The van der Waals surface area contributed by atoms with Crippen LogP contribution in [0.15, 0.2) is 59.3 Å². The molecule has 0 fully saturated rings. The first-order chi connectivity index (χ1) is 13.9. The summed E-state index contributed by atoms with van der Waals surface area (Å²) in [6, 6.07) is 11.4. The topological polar surface area (TPSA) is 55.8 Å². The minimum atomic E-state index is -0.674. The van der Waals surface area contributed by atoms with E-state index < -0.39 is 17.7 Å². The summed E-state index contributed by atoms with van der Waals surface area (Å²) in [5.41, 5.74) is 1.43. The Balaban J connectivity index is 2.04. The number of amides is 1. The minimum Gasteiger partial charge on any atom is -0.497 e. The van der Waals surface area contributed by atoms with E-state index in [0.717, 1.165) is 5.56 Å². The molecule has 1 aliphatic rings. The Labute approximate surface area is 173 Å². The number of benzene rings is 2. The maximum Gasteiger partial charge on any atom is 0.340 e. The summed E-state index contributed by atoms with van der Waals surface area (Å²) < 4.78 is 24.2. The van der Waals surface area contributed by atoms with E-state index in [2.05, 4.69) is 0 Å². The highest BCUT2D eigenvalue weighted by Gasteiger charge is 2.37. The van der Waals surface area contributed by atoms with Crippen molar-refractivity contribution in [3.05, 3.63) is 81.3 Å². The molecule has 1 heterocycles. The van der Waals surface area contributed by atoms with E-state index in [-0.39, 0.29) is 28.3 Å². The molecule has 29 heavy (non-hydrogen) atoms. The monoisotopic (exact) mass is 415 g/mol. The number of nitrogens with zero attached hydrogens (tertiary/aromatic N) is 1. The van der Waals surface area contributed by atoms with Gasteiger partial charge in [0, 0.05) is 11.3 Å². The maximum atomic E-state index is 14.3. The van der Waals surface area contributed by atoms with Crippen LogP contribution in [0.4, 0.5) is 4.39 Å². The minimum absolute atomic E-state index is 0.0369. The van der Waals surface area contributed by atoms with Gasteiger partial charge in [-0.1, -0.05) is 29.8 Å². The average molecular weight is 416 g/mol. The Morgan fingerprint density at radius 2 is 1.86 bits per heavy atom. The number of methoxy groups -OCH3 is 2. The molecule has 1 aliphatic heterocycles. The standard InChI is InChI=1S/C22H19ClFNO4/c1-13-20(22(27)29-3)17(11-16-18(23)5-4-6-19(16)24)21(26)25(13)12-14-7-9-15(28-2)10-8-14/h4-11H,12H2,1-3H3/b17-11+. The van der Waals surface area contributed by atoms with Gasteiger partial charge in [-0.05, 0) is 42.8 Å². The number of carbonyl (C=O) groups is 2. The fraction of sp³-hybridized carbons (Fsp3) is 0.182. The Bertz CT molecular complexity index is 1010. The number of hydrogen-bond acceptors (Lipinski definition) is 4. The second-order valence-electron chi connectivity index (χ2n) is 6.38. The summed E-state index contributed by atoms with van der Waals surface area (Å²) in [5.74, 6) is -1.00. The van der Waals surface area contributed by atoms with Gasteiger partial charge in [0.25, 0.3) is 5.91 Å². The quantitative estimate of drug-likeness (QED) is 0.537. The molecule has 3 rings (SSSR count). The van der Waals surface area contributed by atoms with Crippen LogP contribution in [0.25, 0.3) is 6.08 Å². The van der Waals surface area contributed by atoms with Crippen LogP contribution in [0, 0.1) is 5.82 Å². The Hall–Kier alpha value is -3.12. The molecule has 0 saturated carbocycles. The second-order valence-corrected chi connectivity index (χ2v) is 6.79. The van der Waals surface area contributed by atoms with Crippen molar-refractivity contribution in [2.75, 3.05) is 14.2 Å². The second kappa shape index (κ2) is 8.49. The van der Waals surface area contributed by atoms with E-state index in [9.17, 15) is 14.0 Å². The third-order valence-electron chi connectivity index (χ3n) is 4.69. The van der Waals surface area contributed by atoms with Gasteiger partial charge in [0.05, 0.1) is 36.9 Å². The van der Waals surface area contributed by atoms with Crippen molar-refractivity contribution in [3.8, 4) is 5.75 Å². The van der Waals surface area contributed by atoms with Crippen molar-refractivity contribution in [3.63, 3.8) is 0 Å². The number of allylic oxidation sites excluding steroid dienone is 1. The predicted octanol–water partition coefficient (Wildman–Crippen LogP) is 4.36. The zero-order chi connectivity index (χ0) is 21.1. The Kier molecular flexibility index (Phi) is 6.03. The third-order valence-corrected chi connectivity index (χ3v) is 5.02. The van der Waals surface area contributed by atoms with E-state index in [1.165, 1.54) is 36.3 Å². The lowest BCUT2D eigenvalue weighted by molar-refractivity contribution is -0.136. The molecule has 0 spiro atoms. The number of rotatable bonds is 5. The summed E-state index contributed by atoms with van der Waals surface area (Å²) in [5, 5.41) is 0.140. The van der Waals surface area contributed by atoms with Gasteiger partial charge in [-0.2, -0.15) is 0 Å². The van der Waals surface area contributed by atoms with Crippen molar-refractivity contribution >= 4 is 29.6 Å². The lowest BCUT2D eigenvalue weighted by Crippen LogP contribution is -2.24. The highest BCUT2D eigenvalue weighted by Crippen LogP contribution is 2.34. The first kappa shape index (κ1) is 20.6. The summed E-state index contributed by atoms with van der Waals surface area (Å²) in [6.07, 6.45) is 1.30. The van der Waals surface area contributed by atoms with Crippen LogP contribution in [0.2, 0.25) is 5.02 Å². The molecule has 0 radical (unpaired) electrons. The fourth-order valence-corrected chi connectivity index (χ4v) is 3.34. The summed E-state index contributed by atoms with van der Waals surface area (Å²) >= 11 is 6.09. The van der Waals surface area contributed by atoms with Crippen molar-refractivity contribution in [1.82, 2.24) is 4.90 Å². The van der Waals surface area contributed by atoms with Gasteiger partial charge in [-0.15, -0.1) is 0 Å². The third kappa shape index (κ3) is 4.03. The summed E-state index contributed by atoms with van der Waals surface area (Å²) in [7, 11) is 2.80. The van der Waals surface area contributed by atoms with Crippen LogP contribution in [0.3, 0.4) is 0 Å². The SMILES string of the molecule is COC(=O)C1=C(C)N(Cc2ccc(OC)cc2)C(=O)/C1=C/c1c(F)cccc1Cl. The highest BCUT2D eigenvalue weighted by molar-refractivity contribution is 6.32. The highest BCUT2D eigenvalue weighted by atomic mass is 35.5. The molecule has 0 bridgehead atoms. The number of carbonyl (C=O) groups excluding carboxylic acids is 2. The molecule has 0 atom stereocenters. The fourth-order valence-electron chi connectivity index (χ4n) is 3.12. The molecule has 7 heteroatoms. The smallest absolute Gasteiger partial charge is 0.340 e. The Morgan fingerprint density at radius 1 is 1.17 bits per heavy atom. The first-order valence-electron chi connectivity index (χ1n) is 8.77. The van der Waals surface area contributed by atoms with Gasteiger partial charge >= 0.3 is 5.97 Å². The Morgan fingerprint density at radius 3 is 2.45 bits per heavy atom. The largest absolute Gasteiger partial charge is 0.497 e. The van der Waals surface area contributed by atoms with Crippen LogP contribution in [-0.4, -0.2) is 31.0 Å². The van der Waals surface area contributed by atoms with Crippen molar-refractivity contribution in [2.45, 2.75) is 13.5 Å². The molecule has 0 aliphatic carbocycles. The molecule has 1 amide bonds. The molecular formula is C22H19ClFNO4. The summed E-state index contributed by atoms with van der Waals surface area (Å²) in [6.45, 7) is 1.88. The van der Waals surface area contributed by atoms with Crippen molar-refractivity contribution in [1.29, 1.82) is 0 Å². The van der Waals surface area contributed by atoms with Crippen molar-refractivity contribution < 1.29 is 23.5 Å².